The number of esters is 1. The molecular formula is C35H39FO15. The summed E-state index contributed by atoms with van der Waals surface area (Å²) in [6.07, 6.45) is -10.9. The molecule has 0 aromatic heterocycles. The summed E-state index contributed by atoms with van der Waals surface area (Å²) in [7, 11) is 1.26. The van der Waals surface area contributed by atoms with Gasteiger partial charge in [0.05, 0.1) is 36.0 Å². The number of unbranched alkanes of at least 4 members (excludes halogenated alkanes) is 2. The van der Waals surface area contributed by atoms with Crippen molar-refractivity contribution in [3.05, 3.63) is 51.6 Å². The molecule has 0 amide bonds. The number of aliphatic hydroxyl groups excluding tert-OH is 2. The van der Waals surface area contributed by atoms with E-state index < -0.39 is 119 Å². The van der Waals surface area contributed by atoms with Crippen LogP contribution in [0.4, 0.5) is 4.39 Å². The number of Topliss-reactive ketones (excluding diaryl/α,β-unsaturated/α-hetero) is 1. The molecule has 2 aromatic rings. The molecule has 0 spiro atoms. The fourth-order valence-corrected chi connectivity index (χ4v) is 6.95. The molecule has 1 unspecified atom stereocenters. The summed E-state index contributed by atoms with van der Waals surface area (Å²) < 4.78 is 37.0. The van der Waals surface area contributed by atoms with Crippen molar-refractivity contribution in [2.24, 2.45) is 0 Å². The first-order chi connectivity index (χ1) is 24.0. The van der Waals surface area contributed by atoms with Gasteiger partial charge in [0, 0.05) is 41.9 Å². The van der Waals surface area contributed by atoms with E-state index in [0.29, 0.717) is 12.8 Å². The number of ketones is 3. The third-order valence-electron chi connectivity index (χ3n) is 9.85. The number of aromatic hydroxyl groups is 2. The van der Waals surface area contributed by atoms with E-state index in [1.54, 1.807) is 0 Å². The van der Waals surface area contributed by atoms with Crippen molar-refractivity contribution in [3.63, 3.8) is 0 Å². The molecule has 0 radical (unpaired) electrons. The lowest BCUT2D eigenvalue weighted by Gasteiger charge is -2.45. The van der Waals surface area contributed by atoms with Crippen molar-refractivity contribution < 1.29 is 77.9 Å². The van der Waals surface area contributed by atoms with Gasteiger partial charge in [0.25, 0.3) is 0 Å². The molecule has 5 rings (SSSR count). The van der Waals surface area contributed by atoms with Crippen LogP contribution in [0.15, 0.2) is 18.2 Å². The second-order valence-corrected chi connectivity index (χ2v) is 13.0. The molecule has 1 saturated heterocycles. The van der Waals surface area contributed by atoms with Gasteiger partial charge in [-0.3, -0.25) is 24.0 Å². The molecule has 16 heteroatoms. The number of aliphatic carboxylic acids is 1. The van der Waals surface area contributed by atoms with Crippen LogP contribution < -0.4 is 4.74 Å². The molecule has 3 aliphatic rings. The number of hydrogen-bond donors (Lipinski definition) is 6. The number of methoxy groups -OCH3 is 1. The van der Waals surface area contributed by atoms with Gasteiger partial charge in [0.15, 0.2) is 24.9 Å². The Labute approximate surface area is 290 Å². The van der Waals surface area contributed by atoms with Crippen molar-refractivity contribution in [3.8, 4) is 17.2 Å². The van der Waals surface area contributed by atoms with E-state index in [4.69, 9.17) is 24.1 Å². The van der Waals surface area contributed by atoms with Crippen LogP contribution in [-0.4, -0.2) is 110 Å². The Morgan fingerprint density at radius 3 is 2.25 bits per heavy atom. The number of carboxylic acid groups (broad SMARTS) is 1. The summed E-state index contributed by atoms with van der Waals surface area (Å²) in [5.41, 5.74) is -4.95. The Balaban J connectivity index is 1.54. The highest BCUT2D eigenvalue weighted by molar-refractivity contribution is 6.31. The van der Waals surface area contributed by atoms with Crippen molar-refractivity contribution >= 4 is 29.3 Å². The lowest BCUT2D eigenvalue weighted by atomic mass is 9.66. The van der Waals surface area contributed by atoms with E-state index in [0.717, 1.165) is 0 Å². The average molecular weight is 719 g/mol. The van der Waals surface area contributed by atoms with E-state index in [9.17, 15) is 49.5 Å². The highest BCUT2D eigenvalue weighted by atomic mass is 19.1. The number of phenols is 2. The Morgan fingerprint density at radius 1 is 0.941 bits per heavy atom. The molecular weight excluding hydrogens is 679 g/mol. The number of aliphatic hydroxyl groups is 3. The minimum Gasteiger partial charge on any atom is -0.507 e. The summed E-state index contributed by atoms with van der Waals surface area (Å²) in [6, 6.07) is 4.17. The van der Waals surface area contributed by atoms with Crippen molar-refractivity contribution in [2.75, 3.05) is 13.7 Å². The van der Waals surface area contributed by atoms with Crippen LogP contribution in [0.2, 0.25) is 0 Å². The predicted molar refractivity (Wildman–Crippen MR) is 169 cm³/mol. The number of fused-ring (bicyclic) bond motifs is 3. The maximum absolute atomic E-state index is 15.3. The number of carboxylic acids is 1. The van der Waals surface area contributed by atoms with Gasteiger partial charge in [0.1, 0.15) is 35.1 Å². The zero-order chi connectivity index (χ0) is 37.5. The van der Waals surface area contributed by atoms with Crippen LogP contribution in [0.5, 0.6) is 17.2 Å². The smallest absolute Gasteiger partial charge is 0.306 e. The molecule has 1 heterocycles. The molecule has 6 N–H and O–H groups in total. The molecule has 2 aliphatic carbocycles. The van der Waals surface area contributed by atoms with Gasteiger partial charge in [-0.25, -0.2) is 4.39 Å². The normalized spacial score (nSPS) is 28.3. The number of rotatable bonds is 12. The number of benzene rings is 2. The van der Waals surface area contributed by atoms with Crippen LogP contribution in [0.25, 0.3) is 0 Å². The zero-order valence-electron chi connectivity index (χ0n) is 28.0. The molecule has 8 atom stereocenters. The number of alkyl halides is 1. The Hall–Kier alpha value is -4.48. The highest BCUT2D eigenvalue weighted by Gasteiger charge is 2.55. The SMILES string of the molecule is COc1cccc2c1C(=O)c1c(O)c3c(c(O)c1C2=O)C(C)[C@@](O)(C(=O)COC(=O)CCCCCC(=O)O)C[C@@H]3O[C@@H]1O[C@@H](C)[C@@H](O)[C@@H](O)[C@H]1F. The third-order valence-corrected chi connectivity index (χ3v) is 9.85. The van der Waals surface area contributed by atoms with Crippen LogP contribution in [0.1, 0.15) is 107 Å². The fraction of sp³-hybridized carbons (Fsp3) is 0.514. The van der Waals surface area contributed by atoms with Gasteiger partial charge in [0.2, 0.25) is 11.6 Å². The molecule has 51 heavy (non-hydrogen) atoms. The molecule has 15 nitrogen and oxygen atoms in total. The quantitative estimate of drug-likeness (QED) is 0.0893. The van der Waals surface area contributed by atoms with E-state index in [1.807, 2.05) is 0 Å². The van der Waals surface area contributed by atoms with Crippen molar-refractivity contribution in [1.29, 1.82) is 0 Å². The predicted octanol–water partition coefficient (Wildman–Crippen LogP) is 2.13. The lowest BCUT2D eigenvalue weighted by molar-refractivity contribution is -0.295. The standard InChI is InChI=1S/C35H39FO15/c1-14-22-24(32(45)26-25(30(22)43)29(42)16-8-7-9-17(48-3)23(16)31(26)44)18(51-34-27(36)33(46)28(41)15(2)50-34)12-35(14,47)19(37)13-49-21(40)11-6-4-5-10-20(38)39/h7-9,14-15,18,27-28,33-34,41,43,45-47H,4-6,10-13H2,1-3H3,(H,38,39)/t14?,15-,18-,27+,28+,33-,34-,35+/m0/s1. The summed E-state index contributed by atoms with van der Waals surface area (Å²) in [4.78, 5) is 64.5. The van der Waals surface area contributed by atoms with Crippen LogP contribution in [0, 0.1) is 0 Å². The van der Waals surface area contributed by atoms with E-state index in [2.05, 4.69) is 0 Å². The van der Waals surface area contributed by atoms with Gasteiger partial charge in [-0.15, -0.1) is 0 Å². The fourth-order valence-electron chi connectivity index (χ4n) is 6.95. The molecule has 0 saturated carbocycles. The maximum Gasteiger partial charge on any atom is 0.306 e. The van der Waals surface area contributed by atoms with Gasteiger partial charge in [-0.1, -0.05) is 25.5 Å². The minimum atomic E-state index is -2.56. The number of carbonyl (C=O) groups is 5. The van der Waals surface area contributed by atoms with Gasteiger partial charge in [-0.2, -0.15) is 0 Å². The first kappa shape index (κ1) is 37.8. The summed E-state index contributed by atoms with van der Waals surface area (Å²) in [6.45, 7) is 1.64. The van der Waals surface area contributed by atoms with Crippen LogP contribution in [0.3, 0.4) is 0 Å². The summed E-state index contributed by atoms with van der Waals surface area (Å²) in [5, 5.41) is 64.6. The maximum atomic E-state index is 15.3. The molecule has 1 fully saturated rings. The average Bonchev–Trinajstić information content (AvgIpc) is 3.09. The molecule has 1 aliphatic heterocycles. The van der Waals surface area contributed by atoms with Crippen LogP contribution in [-0.2, 0) is 28.6 Å². The van der Waals surface area contributed by atoms with Crippen molar-refractivity contribution in [1.82, 2.24) is 0 Å². The van der Waals surface area contributed by atoms with Gasteiger partial charge in [-0.05, 0) is 25.8 Å². The lowest BCUT2D eigenvalue weighted by Crippen LogP contribution is -2.56. The second kappa shape index (κ2) is 14.6. The second-order valence-electron chi connectivity index (χ2n) is 13.0. The van der Waals surface area contributed by atoms with Crippen molar-refractivity contribution in [2.45, 2.75) is 101 Å². The van der Waals surface area contributed by atoms with Crippen LogP contribution >= 0.6 is 0 Å². The monoisotopic (exact) mass is 718 g/mol. The largest absolute Gasteiger partial charge is 0.507 e. The third kappa shape index (κ3) is 6.69. The first-order valence-corrected chi connectivity index (χ1v) is 16.4. The number of ether oxygens (including phenoxy) is 4. The number of halogens is 1. The Morgan fingerprint density at radius 2 is 1.59 bits per heavy atom. The van der Waals surface area contributed by atoms with Gasteiger partial charge < -0.3 is 49.6 Å². The summed E-state index contributed by atoms with van der Waals surface area (Å²) in [5.74, 6) is -7.88. The summed E-state index contributed by atoms with van der Waals surface area (Å²) >= 11 is 0. The Kier molecular flexibility index (Phi) is 10.8. The van der Waals surface area contributed by atoms with Gasteiger partial charge >= 0.3 is 11.9 Å². The molecule has 2 aromatic carbocycles. The number of phenolic OH excluding ortho intramolecular Hbond substituents is 2. The van der Waals surface area contributed by atoms with E-state index in [-0.39, 0.29) is 41.7 Å². The topological polar surface area (TPSA) is 244 Å². The highest BCUT2D eigenvalue weighted by Crippen LogP contribution is 2.56. The zero-order valence-corrected chi connectivity index (χ0v) is 28.0. The van der Waals surface area contributed by atoms with E-state index in [1.165, 1.54) is 39.2 Å². The number of carbonyl (C=O) groups excluding carboxylic acids is 4. The molecule has 0 bridgehead atoms. The Bertz CT molecular complexity index is 1760. The molecule has 276 valence electrons. The number of hydrogen-bond acceptors (Lipinski definition) is 14. The van der Waals surface area contributed by atoms with E-state index >= 15 is 4.39 Å². The minimum absolute atomic E-state index is 0.00136. The first-order valence-electron chi connectivity index (χ1n) is 16.4.